The minimum absolute atomic E-state index is 0.250. The lowest BCUT2D eigenvalue weighted by molar-refractivity contribution is -0.112. The average molecular weight is 364 g/mol. The summed E-state index contributed by atoms with van der Waals surface area (Å²) in [5.41, 5.74) is 15.5. The molecule has 140 valence electrons. The molecule has 0 bridgehead atoms. The fraction of sp³-hybridized carbons (Fsp3) is 0.143. The summed E-state index contributed by atoms with van der Waals surface area (Å²) < 4.78 is 0. The molecule has 0 radical (unpaired) electrons. The average Bonchev–Trinajstić information content (AvgIpc) is 2.57. The van der Waals surface area contributed by atoms with Gasteiger partial charge in [-0.05, 0) is 55.7 Å². The number of benzene rings is 2. The molecule has 6 heteroatoms. The number of hydrogen-bond donors (Lipinski definition) is 4. The molecule has 6 N–H and O–H groups in total. The van der Waals surface area contributed by atoms with Crippen molar-refractivity contribution in [3.8, 4) is 0 Å². The lowest BCUT2D eigenvalue weighted by Gasteiger charge is -2.07. The van der Waals surface area contributed by atoms with Crippen molar-refractivity contribution in [3.05, 3.63) is 83.2 Å². The first-order valence-electron chi connectivity index (χ1n) is 8.49. The Kier molecular flexibility index (Phi) is 6.77. The minimum Gasteiger partial charge on any atom is -0.402 e. The summed E-state index contributed by atoms with van der Waals surface area (Å²) in [6.45, 7) is 3.32. The van der Waals surface area contributed by atoms with Crippen LogP contribution in [0.15, 0.2) is 72.1 Å². The van der Waals surface area contributed by atoms with E-state index in [1.54, 1.807) is 13.8 Å². The van der Waals surface area contributed by atoms with Gasteiger partial charge in [0.1, 0.15) is 0 Å². The topological polar surface area (TPSA) is 110 Å². The quantitative estimate of drug-likeness (QED) is 0.591. The number of carbonyl (C=O) groups excluding carboxylic acids is 2. The van der Waals surface area contributed by atoms with Gasteiger partial charge >= 0.3 is 0 Å². The SMILES string of the molecule is C/C(N)=C/C(=O)Nc1ccc(Cc2ccc(NC(=O)/C=C(/C)N)cc2)cc1. The molecule has 6 nitrogen and oxygen atoms in total. The predicted molar refractivity (Wildman–Crippen MR) is 109 cm³/mol. The van der Waals surface area contributed by atoms with Crippen LogP contribution in [-0.4, -0.2) is 11.8 Å². The highest BCUT2D eigenvalue weighted by molar-refractivity contribution is 6.00. The molecule has 0 atom stereocenters. The second-order valence-corrected chi connectivity index (χ2v) is 6.33. The Hall–Kier alpha value is -3.54. The van der Waals surface area contributed by atoms with Gasteiger partial charge in [0.25, 0.3) is 0 Å². The number of allylic oxidation sites excluding steroid dienone is 2. The zero-order valence-corrected chi connectivity index (χ0v) is 15.5. The molecule has 2 aromatic carbocycles. The largest absolute Gasteiger partial charge is 0.402 e. The summed E-state index contributed by atoms with van der Waals surface area (Å²) in [5.74, 6) is -0.500. The molecule has 0 aliphatic rings. The second-order valence-electron chi connectivity index (χ2n) is 6.33. The zero-order valence-electron chi connectivity index (χ0n) is 15.5. The summed E-state index contributed by atoms with van der Waals surface area (Å²) in [6.07, 6.45) is 3.43. The third kappa shape index (κ3) is 7.07. The Morgan fingerprint density at radius 2 is 1.07 bits per heavy atom. The van der Waals surface area contributed by atoms with E-state index >= 15 is 0 Å². The van der Waals surface area contributed by atoms with Crippen LogP contribution < -0.4 is 22.1 Å². The maximum Gasteiger partial charge on any atom is 0.250 e. The highest BCUT2D eigenvalue weighted by atomic mass is 16.2. The summed E-state index contributed by atoms with van der Waals surface area (Å²) >= 11 is 0. The number of carbonyl (C=O) groups is 2. The van der Waals surface area contributed by atoms with Crippen LogP contribution in [0.25, 0.3) is 0 Å². The molecule has 0 unspecified atom stereocenters. The molecule has 2 rings (SSSR count). The molecule has 0 spiro atoms. The molecule has 0 aliphatic carbocycles. The lowest BCUT2D eigenvalue weighted by Crippen LogP contribution is -2.10. The van der Waals surface area contributed by atoms with Gasteiger partial charge in [-0.15, -0.1) is 0 Å². The van der Waals surface area contributed by atoms with Crippen LogP contribution in [0.2, 0.25) is 0 Å². The van der Waals surface area contributed by atoms with Gasteiger partial charge in [-0.2, -0.15) is 0 Å². The van der Waals surface area contributed by atoms with Crippen molar-refractivity contribution in [2.75, 3.05) is 10.6 Å². The summed E-state index contributed by atoms with van der Waals surface area (Å²) in [7, 11) is 0. The van der Waals surface area contributed by atoms with Crippen LogP contribution in [-0.2, 0) is 16.0 Å². The molecule has 0 aliphatic heterocycles. The van der Waals surface area contributed by atoms with E-state index in [2.05, 4.69) is 10.6 Å². The maximum atomic E-state index is 11.7. The molecular formula is C21H24N4O2. The molecule has 2 aromatic rings. The summed E-state index contributed by atoms with van der Waals surface area (Å²) in [6, 6.07) is 15.2. The van der Waals surface area contributed by atoms with Crippen LogP contribution in [0.5, 0.6) is 0 Å². The second kappa shape index (κ2) is 9.24. The van der Waals surface area contributed by atoms with Crippen molar-refractivity contribution < 1.29 is 9.59 Å². The van der Waals surface area contributed by atoms with Crippen LogP contribution in [0.4, 0.5) is 11.4 Å². The molecule has 27 heavy (non-hydrogen) atoms. The van der Waals surface area contributed by atoms with Gasteiger partial charge < -0.3 is 22.1 Å². The van der Waals surface area contributed by atoms with Gasteiger partial charge in [-0.1, -0.05) is 24.3 Å². The van der Waals surface area contributed by atoms with Crippen molar-refractivity contribution in [3.63, 3.8) is 0 Å². The van der Waals surface area contributed by atoms with E-state index in [0.29, 0.717) is 22.8 Å². The number of anilines is 2. The van der Waals surface area contributed by atoms with Gasteiger partial charge in [0.05, 0.1) is 0 Å². The van der Waals surface area contributed by atoms with Gasteiger partial charge in [-0.3, -0.25) is 9.59 Å². The van der Waals surface area contributed by atoms with Gasteiger partial charge in [0.15, 0.2) is 0 Å². The van der Waals surface area contributed by atoms with E-state index in [9.17, 15) is 9.59 Å². The van der Waals surface area contributed by atoms with Gasteiger partial charge in [0.2, 0.25) is 11.8 Å². The maximum absolute atomic E-state index is 11.7. The van der Waals surface area contributed by atoms with Crippen molar-refractivity contribution in [1.82, 2.24) is 0 Å². The Morgan fingerprint density at radius 3 is 1.37 bits per heavy atom. The van der Waals surface area contributed by atoms with Gasteiger partial charge in [-0.25, -0.2) is 0 Å². The van der Waals surface area contributed by atoms with E-state index in [4.69, 9.17) is 11.5 Å². The smallest absolute Gasteiger partial charge is 0.250 e. The minimum atomic E-state index is -0.250. The first-order chi connectivity index (χ1) is 12.8. The highest BCUT2D eigenvalue weighted by Crippen LogP contribution is 2.16. The summed E-state index contributed by atoms with van der Waals surface area (Å²) in [5, 5.41) is 5.51. The van der Waals surface area contributed by atoms with E-state index in [1.165, 1.54) is 12.2 Å². The lowest BCUT2D eigenvalue weighted by atomic mass is 10.0. The van der Waals surface area contributed by atoms with Gasteiger partial charge in [0, 0.05) is 34.9 Å². The van der Waals surface area contributed by atoms with Crippen LogP contribution in [0.1, 0.15) is 25.0 Å². The van der Waals surface area contributed by atoms with E-state index in [1.807, 2.05) is 48.5 Å². The molecule has 0 saturated heterocycles. The standard InChI is InChI=1S/C21H24N4O2/c1-14(22)11-20(26)24-18-7-3-16(4-8-18)13-17-5-9-19(10-6-17)25-21(27)12-15(2)23/h3-12H,13,22-23H2,1-2H3,(H,24,26)(H,25,27)/b14-11-,15-12-. The monoisotopic (exact) mass is 364 g/mol. The Morgan fingerprint density at radius 1 is 0.741 bits per heavy atom. The Labute approximate surface area is 158 Å². The molecule has 0 heterocycles. The summed E-state index contributed by atoms with van der Waals surface area (Å²) in [4.78, 5) is 23.3. The number of amides is 2. The fourth-order valence-corrected chi connectivity index (χ4v) is 2.42. The van der Waals surface area contributed by atoms with E-state index in [0.717, 1.165) is 17.5 Å². The predicted octanol–water partition coefficient (Wildman–Crippen LogP) is 2.88. The van der Waals surface area contributed by atoms with Crippen LogP contribution in [0.3, 0.4) is 0 Å². The van der Waals surface area contributed by atoms with Crippen molar-refractivity contribution in [1.29, 1.82) is 0 Å². The Bertz CT molecular complexity index is 785. The van der Waals surface area contributed by atoms with Crippen LogP contribution >= 0.6 is 0 Å². The molecular weight excluding hydrogens is 340 g/mol. The van der Waals surface area contributed by atoms with E-state index < -0.39 is 0 Å². The number of nitrogens with one attached hydrogen (secondary N) is 2. The fourth-order valence-electron chi connectivity index (χ4n) is 2.42. The molecule has 2 amide bonds. The van der Waals surface area contributed by atoms with Crippen molar-refractivity contribution in [2.24, 2.45) is 11.5 Å². The molecule has 0 aromatic heterocycles. The van der Waals surface area contributed by atoms with Crippen molar-refractivity contribution in [2.45, 2.75) is 20.3 Å². The number of rotatable bonds is 6. The molecule has 0 saturated carbocycles. The Balaban J connectivity index is 1.95. The first-order valence-corrected chi connectivity index (χ1v) is 8.49. The first kappa shape index (κ1) is 19.8. The van der Waals surface area contributed by atoms with E-state index in [-0.39, 0.29) is 11.8 Å². The van der Waals surface area contributed by atoms with Crippen molar-refractivity contribution >= 4 is 23.2 Å². The molecule has 0 fully saturated rings. The zero-order chi connectivity index (χ0) is 19.8. The third-order valence-corrected chi connectivity index (χ3v) is 3.57. The number of nitrogens with two attached hydrogens (primary N) is 2. The van der Waals surface area contributed by atoms with Crippen LogP contribution in [0, 0.1) is 0 Å². The highest BCUT2D eigenvalue weighted by Gasteiger charge is 2.02. The number of hydrogen-bond acceptors (Lipinski definition) is 4. The normalized spacial score (nSPS) is 11.8. The third-order valence-electron chi connectivity index (χ3n) is 3.57.